The van der Waals surface area contributed by atoms with E-state index in [0.29, 0.717) is 11.3 Å². The number of carbonyl (C=O) groups excluding carboxylic acids is 2. The minimum Gasteiger partial charge on any atom is -0.463 e. The fraction of sp³-hybridized carbons (Fsp3) is 0.412. The fourth-order valence-corrected chi connectivity index (χ4v) is 1.93. The lowest BCUT2D eigenvalue weighted by atomic mass is 10.1. The summed E-state index contributed by atoms with van der Waals surface area (Å²) in [6, 6.07) is 6.30. The van der Waals surface area contributed by atoms with Crippen LogP contribution in [0.25, 0.3) is 0 Å². The van der Waals surface area contributed by atoms with Gasteiger partial charge in [-0.3, -0.25) is 0 Å². The molecule has 1 aromatic carbocycles. The number of hydrogen-bond acceptors (Lipinski definition) is 5. The summed E-state index contributed by atoms with van der Waals surface area (Å²) in [6.07, 6.45) is -1.34. The van der Waals surface area contributed by atoms with Crippen LogP contribution in [0, 0.1) is 0 Å². The second-order valence-electron chi connectivity index (χ2n) is 4.79. The van der Waals surface area contributed by atoms with Gasteiger partial charge >= 0.3 is 11.9 Å². The largest absolute Gasteiger partial charge is 0.463 e. The molecule has 126 valence electrons. The van der Waals surface area contributed by atoms with E-state index in [1.807, 2.05) is 0 Å². The van der Waals surface area contributed by atoms with Crippen LogP contribution >= 0.6 is 0 Å². The van der Waals surface area contributed by atoms with Gasteiger partial charge in [-0.2, -0.15) is 0 Å². The molecular formula is C17H22FNO4. The molecule has 0 spiro atoms. The summed E-state index contributed by atoms with van der Waals surface area (Å²) >= 11 is 0. The summed E-state index contributed by atoms with van der Waals surface area (Å²) in [5.74, 6) is -0.990. The smallest absolute Gasteiger partial charge is 0.338 e. The normalized spacial score (nSPS) is 11.5. The number of alkyl halides is 1. The van der Waals surface area contributed by atoms with E-state index in [1.165, 1.54) is 11.8 Å². The Labute approximate surface area is 135 Å². The number of halogens is 1. The van der Waals surface area contributed by atoms with E-state index in [9.17, 15) is 14.0 Å². The number of anilines is 1. The van der Waals surface area contributed by atoms with Gasteiger partial charge in [0, 0.05) is 11.3 Å². The number of nitrogens with zero attached hydrogens (tertiary/aromatic N) is 1. The van der Waals surface area contributed by atoms with Crippen LogP contribution in [0.5, 0.6) is 0 Å². The molecule has 0 heterocycles. The number of benzene rings is 1. The van der Waals surface area contributed by atoms with Crippen LogP contribution in [-0.2, 0) is 14.3 Å². The van der Waals surface area contributed by atoms with Crippen LogP contribution in [0.1, 0.15) is 31.1 Å². The first kappa shape index (κ1) is 18.7. The van der Waals surface area contributed by atoms with Gasteiger partial charge in [0.25, 0.3) is 0 Å². The zero-order valence-corrected chi connectivity index (χ0v) is 13.7. The molecule has 0 bridgehead atoms. The highest BCUT2D eigenvalue weighted by Crippen LogP contribution is 2.20. The number of carbonyl (C=O) groups is 2. The van der Waals surface area contributed by atoms with Gasteiger partial charge in [0.2, 0.25) is 0 Å². The number of esters is 2. The molecule has 1 aromatic rings. The van der Waals surface area contributed by atoms with Crippen LogP contribution < -0.4 is 4.90 Å². The number of rotatable bonds is 8. The van der Waals surface area contributed by atoms with Crippen molar-refractivity contribution in [2.24, 2.45) is 0 Å². The van der Waals surface area contributed by atoms with Crippen LogP contribution in [0.4, 0.5) is 10.1 Å². The van der Waals surface area contributed by atoms with Crippen LogP contribution in [-0.4, -0.2) is 38.0 Å². The molecule has 0 amide bonds. The number of ether oxygens (including phenoxy) is 2. The Hall–Kier alpha value is -2.37. The summed E-state index contributed by atoms with van der Waals surface area (Å²) < 4.78 is 23.6. The SMILES string of the molecule is C=C(CN(c1ccc(C(=O)OCC)cc1)C(C)F)C(=O)OCC. The third-order valence-corrected chi connectivity index (χ3v) is 3.06. The molecule has 0 aromatic heterocycles. The number of hydrogen-bond donors (Lipinski definition) is 0. The lowest BCUT2D eigenvalue weighted by Gasteiger charge is -2.26. The maximum atomic E-state index is 13.9. The Kier molecular flexibility index (Phi) is 7.25. The summed E-state index contributed by atoms with van der Waals surface area (Å²) in [6.45, 7) is 8.92. The molecule has 0 fully saturated rings. The maximum absolute atomic E-state index is 13.9. The van der Waals surface area contributed by atoms with Gasteiger partial charge in [0.15, 0.2) is 6.30 Å². The first-order valence-electron chi connectivity index (χ1n) is 7.43. The van der Waals surface area contributed by atoms with E-state index in [4.69, 9.17) is 9.47 Å². The predicted octanol–water partition coefficient (Wildman–Crippen LogP) is 3.10. The zero-order valence-electron chi connectivity index (χ0n) is 13.7. The molecule has 0 saturated carbocycles. The highest BCUT2D eigenvalue weighted by Gasteiger charge is 2.19. The van der Waals surface area contributed by atoms with Crippen molar-refractivity contribution in [3.05, 3.63) is 42.0 Å². The molecule has 23 heavy (non-hydrogen) atoms. The molecule has 5 nitrogen and oxygen atoms in total. The summed E-state index contributed by atoms with van der Waals surface area (Å²) in [5, 5.41) is 0. The van der Waals surface area contributed by atoms with E-state index >= 15 is 0 Å². The minimum atomic E-state index is -1.34. The molecule has 1 rings (SSSR count). The molecule has 1 unspecified atom stereocenters. The standard InChI is InChI=1S/C17H22FNO4/c1-5-22-16(20)12(3)11-19(13(4)18)15-9-7-14(8-10-15)17(21)23-6-2/h7-10,13H,3,5-6,11H2,1-2,4H3. The van der Waals surface area contributed by atoms with Crippen molar-refractivity contribution in [1.82, 2.24) is 0 Å². The highest BCUT2D eigenvalue weighted by atomic mass is 19.1. The average Bonchev–Trinajstić information content (AvgIpc) is 2.52. The molecular weight excluding hydrogens is 301 g/mol. The van der Waals surface area contributed by atoms with E-state index in [0.717, 1.165) is 0 Å². The van der Waals surface area contributed by atoms with Crippen molar-refractivity contribution in [3.8, 4) is 0 Å². The summed E-state index contributed by atoms with van der Waals surface area (Å²) in [5.41, 5.74) is 1.07. The van der Waals surface area contributed by atoms with Gasteiger partial charge in [-0.1, -0.05) is 6.58 Å². The second kappa shape index (κ2) is 8.92. The summed E-state index contributed by atoms with van der Waals surface area (Å²) in [7, 11) is 0. The van der Waals surface area contributed by atoms with Gasteiger partial charge in [0.05, 0.1) is 25.3 Å². The van der Waals surface area contributed by atoms with E-state index in [1.54, 1.807) is 38.1 Å². The molecule has 0 saturated heterocycles. The molecule has 0 aliphatic carbocycles. The molecule has 6 heteroatoms. The first-order valence-corrected chi connectivity index (χ1v) is 7.43. The van der Waals surface area contributed by atoms with Crippen LogP contribution in [0.15, 0.2) is 36.4 Å². The van der Waals surface area contributed by atoms with E-state index in [-0.39, 0.29) is 25.3 Å². The monoisotopic (exact) mass is 323 g/mol. The van der Waals surface area contributed by atoms with Crippen molar-refractivity contribution >= 4 is 17.6 Å². The Morgan fingerprint density at radius 1 is 1.17 bits per heavy atom. The van der Waals surface area contributed by atoms with E-state index in [2.05, 4.69) is 6.58 Å². The van der Waals surface area contributed by atoms with Crippen molar-refractivity contribution in [1.29, 1.82) is 0 Å². The van der Waals surface area contributed by atoms with Gasteiger partial charge in [-0.05, 0) is 45.0 Å². The molecule has 0 aliphatic rings. The highest BCUT2D eigenvalue weighted by molar-refractivity contribution is 5.90. The van der Waals surface area contributed by atoms with Crippen LogP contribution in [0.2, 0.25) is 0 Å². The Balaban J connectivity index is 2.87. The second-order valence-corrected chi connectivity index (χ2v) is 4.79. The van der Waals surface area contributed by atoms with Gasteiger partial charge in [0.1, 0.15) is 0 Å². The van der Waals surface area contributed by atoms with Crippen molar-refractivity contribution in [2.75, 3.05) is 24.7 Å². The van der Waals surface area contributed by atoms with Gasteiger partial charge in [-0.15, -0.1) is 0 Å². The van der Waals surface area contributed by atoms with Gasteiger partial charge < -0.3 is 14.4 Å². The average molecular weight is 323 g/mol. The van der Waals surface area contributed by atoms with E-state index < -0.39 is 18.2 Å². The topological polar surface area (TPSA) is 55.8 Å². The Bertz CT molecular complexity index is 554. The summed E-state index contributed by atoms with van der Waals surface area (Å²) in [4.78, 5) is 24.6. The lowest BCUT2D eigenvalue weighted by Crippen LogP contribution is -2.33. The Morgan fingerprint density at radius 3 is 2.22 bits per heavy atom. The molecule has 0 N–H and O–H groups in total. The predicted molar refractivity (Wildman–Crippen MR) is 86.1 cm³/mol. The fourth-order valence-electron chi connectivity index (χ4n) is 1.93. The van der Waals surface area contributed by atoms with Crippen molar-refractivity contribution in [2.45, 2.75) is 27.1 Å². The molecule has 0 aliphatic heterocycles. The van der Waals surface area contributed by atoms with Crippen molar-refractivity contribution < 1.29 is 23.5 Å². The van der Waals surface area contributed by atoms with Crippen molar-refractivity contribution in [3.63, 3.8) is 0 Å². The van der Waals surface area contributed by atoms with Crippen LogP contribution in [0.3, 0.4) is 0 Å². The Morgan fingerprint density at radius 2 is 1.74 bits per heavy atom. The molecule has 0 radical (unpaired) electrons. The van der Waals surface area contributed by atoms with Gasteiger partial charge in [-0.25, -0.2) is 14.0 Å². The first-order chi connectivity index (χ1) is 10.9. The lowest BCUT2D eigenvalue weighted by molar-refractivity contribution is -0.138. The quantitative estimate of drug-likeness (QED) is 0.418. The maximum Gasteiger partial charge on any atom is 0.338 e. The third-order valence-electron chi connectivity index (χ3n) is 3.06. The minimum absolute atomic E-state index is 0.00471. The molecule has 1 atom stereocenters. The third kappa shape index (κ3) is 5.39. The zero-order chi connectivity index (χ0) is 17.4.